The molecule has 3 nitrogen and oxygen atoms in total. The van der Waals surface area contributed by atoms with Crippen molar-refractivity contribution in [2.75, 3.05) is 20.3 Å². The first-order valence-electron chi connectivity index (χ1n) is 7.24. The second kappa shape index (κ2) is 6.20. The Morgan fingerprint density at radius 2 is 1.67 bits per heavy atom. The molecule has 0 aromatic heterocycles. The Morgan fingerprint density at radius 3 is 2.33 bits per heavy atom. The summed E-state index contributed by atoms with van der Waals surface area (Å²) in [6.45, 7) is 1.11. The lowest BCUT2D eigenvalue weighted by molar-refractivity contribution is 0.0892. The predicted octanol–water partition coefficient (Wildman–Crippen LogP) is 2.77. The fraction of sp³-hybridized carbons (Fsp3) is 0.278. The van der Waals surface area contributed by atoms with Crippen molar-refractivity contribution in [3.8, 4) is 11.1 Å². The van der Waals surface area contributed by atoms with Crippen LogP contribution in [0.4, 0.5) is 0 Å². The lowest BCUT2D eigenvalue weighted by Crippen LogP contribution is -2.36. The molecule has 3 heteroatoms. The van der Waals surface area contributed by atoms with Gasteiger partial charge in [-0.3, -0.25) is 4.79 Å². The largest absolute Gasteiger partial charge is 0.379 e. The number of benzene rings is 2. The third kappa shape index (κ3) is 2.89. The first-order valence-corrected chi connectivity index (χ1v) is 7.24. The minimum atomic E-state index is -0.0856. The fourth-order valence-electron chi connectivity index (χ4n) is 2.77. The number of Topliss-reactive ketones (excluding diaryl/α,β-unsaturated/α-hetero) is 1. The molecule has 1 N–H and O–H groups in total. The van der Waals surface area contributed by atoms with E-state index >= 15 is 0 Å². The zero-order valence-electron chi connectivity index (χ0n) is 12.1. The number of carbonyl (C=O) groups excluding carboxylic acids is 1. The molecule has 2 atom stereocenters. The second-order valence-electron chi connectivity index (χ2n) is 5.35. The maximum Gasteiger partial charge on any atom is 0.169 e. The Balaban J connectivity index is 1.79. The van der Waals surface area contributed by atoms with Gasteiger partial charge in [-0.25, -0.2) is 0 Å². The summed E-state index contributed by atoms with van der Waals surface area (Å²) in [5.74, 6) is 0.0732. The van der Waals surface area contributed by atoms with Crippen LogP contribution >= 0.6 is 0 Å². The van der Waals surface area contributed by atoms with Crippen LogP contribution in [0.15, 0.2) is 54.6 Å². The van der Waals surface area contributed by atoms with Gasteiger partial charge in [0.1, 0.15) is 0 Å². The van der Waals surface area contributed by atoms with Crippen LogP contribution in [0.5, 0.6) is 0 Å². The van der Waals surface area contributed by atoms with Gasteiger partial charge in [-0.1, -0.05) is 54.6 Å². The van der Waals surface area contributed by atoms with Gasteiger partial charge in [0.15, 0.2) is 5.78 Å². The summed E-state index contributed by atoms with van der Waals surface area (Å²) in [7, 11) is 1.87. The first-order chi connectivity index (χ1) is 10.3. The van der Waals surface area contributed by atoms with Gasteiger partial charge in [-0.05, 0) is 18.2 Å². The Labute approximate surface area is 124 Å². The average molecular weight is 281 g/mol. The van der Waals surface area contributed by atoms with Crippen molar-refractivity contribution in [1.82, 2.24) is 5.32 Å². The highest BCUT2D eigenvalue weighted by Crippen LogP contribution is 2.23. The van der Waals surface area contributed by atoms with E-state index in [2.05, 4.69) is 17.4 Å². The van der Waals surface area contributed by atoms with Crippen molar-refractivity contribution < 1.29 is 9.53 Å². The summed E-state index contributed by atoms with van der Waals surface area (Å²) >= 11 is 0. The van der Waals surface area contributed by atoms with Crippen LogP contribution in [0, 0.1) is 5.92 Å². The molecule has 2 aromatic carbocycles. The van der Waals surface area contributed by atoms with Crippen molar-refractivity contribution in [1.29, 1.82) is 0 Å². The van der Waals surface area contributed by atoms with E-state index in [-0.39, 0.29) is 17.7 Å². The summed E-state index contributed by atoms with van der Waals surface area (Å²) in [4.78, 5) is 12.5. The van der Waals surface area contributed by atoms with Crippen molar-refractivity contribution >= 4 is 5.78 Å². The number of nitrogens with one attached hydrogen (secondary N) is 1. The number of ketones is 1. The Bertz CT molecular complexity index is 607. The molecule has 3 rings (SSSR count). The lowest BCUT2D eigenvalue weighted by atomic mass is 9.92. The summed E-state index contributed by atoms with van der Waals surface area (Å²) < 4.78 is 5.41. The molecule has 1 aliphatic heterocycles. The zero-order valence-corrected chi connectivity index (χ0v) is 12.1. The van der Waals surface area contributed by atoms with E-state index in [0.29, 0.717) is 13.2 Å². The minimum absolute atomic E-state index is 0.0856. The molecule has 0 radical (unpaired) electrons. The molecule has 0 aliphatic carbocycles. The van der Waals surface area contributed by atoms with Crippen LogP contribution in [0.3, 0.4) is 0 Å². The van der Waals surface area contributed by atoms with Crippen LogP contribution in [0.1, 0.15) is 10.4 Å². The van der Waals surface area contributed by atoms with Crippen LogP contribution in [0.25, 0.3) is 11.1 Å². The highest BCUT2D eigenvalue weighted by Gasteiger charge is 2.33. The molecule has 0 saturated carbocycles. The molecule has 0 bridgehead atoms. The quantitative estimate of drug-likeness (QED) is 0.876. The van der Waals surface area contributed by atoms with Gasteiger partial charge in [0.25, 0.3) is 0 Å². The van der Waals surface area contributed by atoms with Gasteiger partial charge >= 0.3 is 0 Å². The van der Waals surface area contributed by atoms with Gasteiger partial charge in [0, 0.05) is 11.6 Å². The topological polar surface area (TPSA) is 38.3 Å². The Kier molecular flexibility index (Phi) is 4.13. The number of carbonyl (C=O) groups is 1. The molecule has 1 fully saturated rings. The van der Waals surface area contributed by atoms with E-state index < -0.39 is 0 Å². The van der Waals surface area contributed by atoms with Gasteiger partial charge in [-0.2, -0.15) is 0 Å². The average Bonchev–Trinajstić information content (AvgIpc) is 3.04. The SMILES string of the molecule is CNC1COCC1C(=O)c1ccc(-c2ccccc2)cc1. The van der Waals surface area contributed by atoms with Crippen LogP contribution < -0.4 is 5.32 Å². The maximum absolute atomic E-state index is 12.5. The normalized spacial score (nSPS) is 21.4. The van der Waals surface area contributed by atoms with Crippen LogP contribution in [0.2, 0.25) is 0 Å². The van der Waals surface area contributed by atoms with Crippen molar-refractivity contribution in [2.24, 2.45) is 5.92 Å². The number of hydrogen-bond donors (Lipinski definition) is 1. The second-order valence-corrected chi connectivity index (χ2v) is 5.35. The molecule has 1 heterocycles. The molecule has 1 aliphatic rings. The highest BCUT2D eigenvalue weighted by molar-refractivity contribution is 5.99. The molecule has 0 spiro atoms. The predicted molar refractivity (Wildman–Crippen MR) is 83.4 cm³/mol. The number of hydrogen-bond acceptors (Lipinski definition) is 3. The first kappa shape index (κ1) is 14.0. The fourth-order valence-corrected chi connectivity index (χ4v) is 2.77. The third-order valence-electron chi connectivity index (χ3n) is 4.06. The van der Waals surface area contributed by atoms with E-state index in [9.17, 15) is 4.79 Å². The highest BCUT2D eigenvalue weighted by atomic mass is 16.5. The maximum atomic E-state index is 12.5. The van der Waals surface area contributed by atoms with Crippen LogP contribution in [-0.2, 0) is 4.74 Å². The summed E-state index contributed by atoms with van der Waals surface area (Å²) in [5, 5.41) is 3.16. The summed E-state index contributed by atoms with van der Waals surface area (Å²) in [6.07, 6.45) is 0. The van der Waals surface area contributed by atoms with E-state index in [0.717, 1.165) is 16.7 Å². The molecule has 1 saturated heterocycles. The zero-order chi connectivity index (χ0) is 14.7. The molecule has 2 aromatic rings. The third-order valence-corrected chi connectivity index (χ3v) is 4.06. The Hall–Kier alpha value is -1.97. The Morgan fingerprint density at radius 1 is 1.00 bits per heavy atom. The van der Waals surface area contributed by atoms with Crippen molar-refractivity contribution in [3.63, 3.8) is 0 Å². The number of rotatable bonds is 4. The monoisotopic (exact) mass is 281 g/mol. The van der Waals surface area contributed by atoms with E-state index in [1.165, 1.54) is 0 Å². The molecule has 21 heavy (non-hydrogen) atoms. The van der Waals surface area contributed by atoms with E-state index in [4.69, 9.17) is 4.74 Å². The van der Waals surface area contributed by atoms with Gasteiger partial charge in [-0.15, -0.1) is 0 Å². The lowest BCUT2D eigenvalue weighted by Gasteiger charge is -2.15. The van der Waals surface area contributed by atoms with E-state index in [1.807, 2.05) is 49.5 Å². The smallest absolute Gasteiger partial charge is 0.169 e. The standard InChI is InChI=1S/C18H19NO2/c1-19-17-12-21-11-16(17)18(20)15-9-7-14(8-10-15)13-5-3-2-4-6-13/h2-10,16-17,19H,11-12H2,1H3. The van der Waals surface area contributed by atoms with E-state index in [1.54, 1.807) is 0 Å². The molecule has 108 valence electrons. The summed E-state index contributed by atoms with van der Waals surface area (Å²) in [5.41, 5.74) is 3.04. The molecular weight excluding hydrogens is 262 g/mol. The minimum Gasteiger partial charge on any atom is -0.379 e. The van der Waals surface area contributed by atoms with Gasteiger partial charge in [0.05, 0.1) is 19.1 Å². The van der Waals surface area contributed by atoms with Crippen LogP contribution in [-0.4, -0.2) is 32.1 Å². The number of ether oxygens (including phenoxy) is 1. The molecule has 2 unspecified atom stereocenters. The van der Waals surface area contributed by atoms with Gasteiger partial charge < -0.3 is 10.1 Å². The summed E-state index contributed by atoms with van der Waals surface area (Å²) in [6, 6.07) is 18.1. The molecule has 0 amide bonds. The van der Waals surface area contributed by atoms with Crippen molar-refractivity contribution in [2.45, 2.75) is 6.04 Å². The van der Waals surface area contributed by atoms with Gasteiger partial charge in [0.2, 0.25) is 0 Å². The van der Waals surface area contributed by atoms with Crippen molar-refractivity contribution in [3.05, 3.63) is 60.2 Å². The molecular formula is C18H19NO2. The number of likely N-dealkylation sites (N-methyl/N-ethyl adjacent to an activating group) is 1.